The molecule has 1 heterocycles. The van der Waals surface area contributed by atoms with Crippen LogP contribution in [-0.2, 0) is 12.8 Å². The van der Waals surface area contributed by atoms with E-state index in [2.05, 4.69) is 11.9 Å². The van der Waals surface area contributed by atoms with Crippen molar-refractivity contribution in [2.24, 2.45) is 5.73 Å². The van der Waals surface area contributed by atoms with Crippen LogP contribution in [0.3, 0.4) is 0 Å². The normalized spacial score (nSPS) is 24.4. The van der Waals surface area contributed by atoms with Crippen molar-refractivity contribution in [3.05, 3.63) is 10.6 Å². The van der Waals surface area contributed by atoms with E-state index in [1.54, 1.807) is 11.3 Å². The molecule has 0 saturated heterocycles. The van der Waals surface area contributed by atoms with Crippen LogP contribution < -0.4 is 11.5 Å². The van der Waals surface area contributed by atoms with Gasteiger partial charge in [-0.3, -0.25) is 0 Å². The Labute approximate surface area is 101 Å². The van der Waals surface area contributed by atoms with Gasteiger partial charge in [-0.1, -0.05) is 13.3 Å². The number of rotatable bonds is 2. The van der Waals surface area contributed by atoms with Gasteiger partial charge in [-0.05, 0) is 19.3 Å². The second-order valence-corrected chi connectivity index (χ2v) is 5.33. The van der Waals surface area contributed by atoms with Crippen molar-refractivity contribution in [2.45, 2.75) is 44.6 Å². The maximum Gasteiger partial charge on any atom is 0.180 e. The second kappa shape index (κ2) is 4.68. The van der Waals surface area contributed by atoms with Crippen LogP contribution >= 0.6 is 23.7 Å². The Morgan fingerprint density at radius 1 is 1.53 bits per heavy atom. The zero-order chi connectivity index (χ0) is 10.2. The molecule has 3 nitrogen and oxygen atoms in total. The highest BCUT2D eigenvalue weighted by atomic mass is 35.5. The van der Waals surface area contributed by atoms with E-state index in [1.807, 2.05) is 0 Å². The molecule has 5 heteroatoms. The van der Waals surface area contributed by atoms with Crippen LogP contribution in [0.2, 0.25) is 0 Å². The summed E-state index contributed by atoms with van der Waals surface area (Å²) in [5.41, 5.74) is 13.2. The smallest absolute Gasteiger partial charge is 0.180 e. The third kappa shape index (κ3) is 2.62. The molecule has 1 aliphatic carbocycles. The van der Waals surface area contributed by atoms with E-state index in [-0.39, 0.29) is 17.9 Å². The highest BCUT2D eigenvalue weighted by Crippen LogP contribution is 2.34. The van der Waals surface area contributed by atoms with Gasteiger partial charge in [-0.25, -0.2) is 4.98 Å². The van der Waals surface area contributed by atoms with Crippen LogP contribution in [0.5, 0.6) is 0 Å². The van der Waals surface area contributed by atoms with Crippen LogP contribution in [0.25, 0.3) is 0 Å². The summed E-state index contributed by atoms with van der Waals surface area (Å²) in [5, 5.41) is 0.691. The molecule has 1 atom stereocenters. The minimum atomic E-state index is 0. The molecule has 0 saturated carbocycles. The molecular weight excluding hydrogens is 230 g/mol. The van der Waals surface area contributed by atoms with E-state index in [1.165, 1.54) is 10.6 Å². The topological polar surface area (TPSA) is 64.9 Å². The fraction of sp³-hybridized carbons (Fsp3) is 0.700. The number of nitrogens with zero attached hydrogens (tertiary/aromatic N) is 1. The Morgan fingerprint density at radius 2 is 2.27 bits per heavy atom. The van der Waals surface area contributed by atoms with Gasteiger partial charge in [0.1, 0.15) is 0 Å². The zero-order valence-corrected chi connectivity index (χ0v) is 10.6. The van der Waals surface area contributed by atoms with Gasteiger partial charge < -0.3 is 11.5 Å². The Balaban J connectivity index is 0.00000112. The number of hydrogen-bond acceptors (Lipinski definition) is 4. The van der Waals surface area contributed by atoms with Gasteiger partial charge >= 0.3 is 0 Å². The molecule has 0 aromatic carbocycles. The molecule has 1 aromatic heterocycles. The lowest BCUT2D eigenvalue weighted by molar-refractivity contribution is 0.344. The predicted octanol–water partition coefficient (Wildman–Crippen LogP) is 2.13. The number of fused-ring (bicyclic) bond motifs is 1. The first-order chi connectivity index (χ1) is 6.63. The van der Waals surface area contributed by atoms with Crippen molar-refractivity contribution in [1.82, 2.24) is 4.98 Å². The molecule has 0 aliphatic heterocycles. The molecule has 4 N–H and O–H groups in total. The van der Waals surface area contributed by atoms with E-state index >= 15 is 0 Å². The molecule has 0 radical (unpaired) electrons. The summed E-state index contributed by atoms with van der Waals surface area (Å²) in [7, 11) is 0. The zero-order valence-electron chi connectivity index (χ0n) is 8.95. The number of thiazole rings is 1. The molecule has 1 unspecified atom stereocenters. The predicted molar refractivity (Wildman–Crippen MR) is 67.6 cm³/mol. The Hall–Kier alpha value is -0.320. The maximum atomic E-state index is 6.33. The van der Waals surface area contributed by atoms with E-state index < -0.39 is 0 Å². The summed E-state index contributed by atoms with van der Waals surface area (Å²) in [6.07, 6.45) is 5.27. The van der Waals surface area contributed by atoms with Gasteiger partial charge in [0, 0.05) is 16.8 Å². The SMILES string of the molecule is CCCC1(N)CCc2nc(N)sc2C1.Cl. The van der Waals surface area contributed by atoms with Gasteiger partial charge in [0.25, 0.3) is 0 Å². The standard InChI is InChI=1S/C10H17N3S.ClH/c1-2-4-10(12)5-3-7-8(6-10)14-9(11)13-7;/h2-6,12H2,1H3,(H2,11,13);1H. The highest BCUT2D eigenvalue weighted by molar-refractivity contribution is 7.15. The molecule has 0 fully saturated rings. The molecule has 0 amide bonds. The van der Waals surface area contributed by atoms with Crippen LogP contribution in [0, 0.1) is 0 Å². The number of nitrogens with two attached hydrogens (primary N) is 2. The lowest BCUT2D eigenvalue weighted by Gasteiger charge is -2.32. The first-order valence-corrected chi connectivity index (χ1v) is 5.97. The molecular formula is C10H18ClN3S. The lowest BCUT2D eigenvalue weighted by atomic mass is 9.81. The third-order valence-corrected chi connectivity index (χ3v) is 3.84. The fourth-order valence-corrected chi connectivity index (χ4v) is 3.26. The Morgan fingerprint density at radius 3 is 2.93 bits per heavy atom. The van der Waals surface area contributed by atoms with E-state index in [9.17, 15) is 0 Å². The summed E-state index contributed by atoms with van der Waals surface area (Å²) < 4.78 is 0. The monoisotopic (exact) mass is 247 g/mol. The maximum absolute atomic E-state index is 6.33. The quantitative estimate of drug-likeness (QED) is 0.842. The van der Waals surface area contributed by atoms with Crippen LogP contribution in [0.15, 0.2) is 0 Å². The lowest BCUT2D eigenvalue weighted by Crippen LogP contribution is -2.44. The Bertz CT molecular complexity index is 339. The number of anilines is 1. The Kier molecular flexibility index (Phi) is 3.98. The van der Waals surface area contributed by atoms with Crippen molar-refractivity contribution >= 4 is 28.9 Å². The largest absolute Gasteiger partial charge is 0.375 e. The van der Waals surface area contributed by atoms with Crippen LogP contribution in [-0.4, -0.2) is 10.5 Å². The average molecular weight is 248 g/mol. The van der Waals surface area contributed by atoms with Gasteiger partial charge in [-0.15, -0.1) is 23.7 Å². The third-order valence-electron chi connectivity index (χ3n) is 2.91. The van der Waals surface area contributed by atoms with E-state index in [0.717, 1.165) is 32.1 Å². The molecule has 0 bridgehead atoms. The van der Waals surface area contributed by atoms with Crippen molar-refractivity contribution in [1.29, 1.82) is 0 Å². The van der Waals surface area contributed by atoms with Crippen molar-refractivity contribution < 1.29 is 0 Å². The van der Waals surface area contributed by atoms with Crippen LogP contribution in [0.1, 0.15) is 36.8 Å². The summed E-state index contributed by atoms with van der Waals surface area (Å²) in [4.78, 5) is 5.63. The fourth-order valence-electron chi connectivity index (χ4n) is 2.22. The van der Waals surface area contributed by atoms with Gasteiger partial charge in [-0.2, -0.15) is 0 Å². The summed E-state index contributed by atoms with van der Waals surface area (Å²) in [6, 6.07) is 0. The minimum Gasteiger partial charge on any atom is -0.375 e. The molecule has 1 aliphatic rings. The summed E-state index contributed by atoms with van der Waals surface area (Å²) >= 11 is 1.61. The summed E-state index contributed by atoms with van der Waals surface area (Å²) in [5.74, 6) is 0. The first kappa shape index (κ1) is 12.7. The second-order valence-electron chi connectivity index (χ2n) is 4.21. The average Bonchev–Trinajstić information content (AvgIpc) is 2.44. The number of aromatic nitrogens is 1. The van der Waals surface area contributed by atoms with E-state index in [0.29, 0.717) is 5.13 Å². The van der Waals surface area contributed by atoms with Gasteiger partial charge in [0.15, 0.2) is 5.13 Å². The molecule has 0 spiro atoms. The van der Waals surface area contributed by atoms with Crippen molar-refractivity contribution in [3.8, 4) is 0 Å². The first-order valence-electron chi connectivity index (χ1n) is 5.16. The van der Waals surface area contributed by atoms with E-state index in [4.69, 9.17) is 11.5 Å². The van der Waals surface area contributed by atoms with Crippen LogP contribution in [0.4, 0.5) is 5.13 Å². The molecule has 1 aromatic rings. The molecule has 15 heavy (non-hydrogen) atoms. The summed E-state index contributed by atoms with van der Waals surface area (Å²) in [6.45, 7) is 2.19. The van der Waals surface area contributed by atoms with Crippen molar-refractivity contribution in [2.75, 3.05) is 5.73 Å². The minimum absolute atomic E-state index is 0. The highest BCUT2D eigenvalue weighted by Gasteiger charge is 2.31. The number of halogens is 1. The number of aryl methyl sites for hydroxylation is 1. The van der Waals surface area contributed by atoms with Gasteiger partial charge in [0.2, 0.25) is 0 Å². The number of hydrogen-bond donors (Lipinski definition) is 2. The molecule has 2 rings (SSSR count). The number of nitrogen functional groups attached to an aromatic ring is 1. The van der Waals surface area contributed by atoms with Gasteiger partial charge in [0.05, 0.1) is 5.69 Å². The van der Waals surface area contributed by atoms with Crippen molar-refractivity contribution in [3.63, 3.8) is 0 Å². The molecule has 86 valence electrons.